The number of amides is 1. The smallest absolute Gasteiger partial charge is 0.266 e. The summed E-state index contributed by atoms with van der Waals surface area (Å²) in [5.41, 5.74) is 2.76. The summed E-state index contributed by atoms with van der Waals surface area (Å²) in [6.45, 7) is 8.44. The molecule has 1 aliphatic heterocycles. The van der Waals surface area contributed by atoms with Crippen LogP contribution in [0.3, 0.4) is 0 Å². The largest absolute Gasteiger partial charge is 0.459 e. The first-order valence-corrected chi connectivity index (χ1v) is 11.3. The maximum atomic E-state index is 13.1. The molecule has 0 spiro atoms. The Morgan fingerprint density at radius 3 is 2.48 bits per heavy atom. The minimum absolute atomic E-state index is 0.0434. The highest BCUT2D eigenvalue weighted by Gasteiger charge is 2.30. The van der Waals surface area contributed by atoms with Gasteiger partial charge in [0.1, 0.15) is 6.07 Å². The number of piperidine rings is 1. The Morgan fingerprint density at radius 2 is 1.91 bits per heavy atom. The Hall–Kier alpha value is -3.53. The van der Waals surface area contributed by atoms with Crippen molar-refractivity contribution in [2.75, 3.05) is 25.0 Å². The molecule has 4 rings (SSSR count). The van der Waals surface area contributed by atoms with Crippen molar-refractivity contribution in [3.8, 4) is 17.7 Å². The molecule has 0 atom stereocenters. The van der Waals surface area contributed by atoms with Crippen LogP contribution in [0.2, 0.25) is 0 Å². The lowest BCUT2D eigenvalue weighted by Gasteiger charge is -2.33. The van der Waals surface area contributed by atoms with E-state index in [-0.39, 0.29) is 22.9 Å². The van der Waals surface area contributed by atoms with Crippen LogP contribution in [0.15, 0.2) is 51.5 Å². The van der Waals surface area contributed by atoms with Gasteiger partial charge in [-0.3, -0.25) is 4.79 Å². The molecular weight excluding hydrogens is 416 g/mol. The topological polar surface area (TPSA) is 86.5 Å². The van der Waals surface area contributed by atoms with Gasteiger partial charge in [0.15, 0.2) is 5.76 Å². The zero-order valence-corrected chi connectivity index (χ0v) is 19.7. The van der Waals surface area contributed by atoms with E-state index in [4.69, 9.17) is 8.83 Å². The molecule has 7 nitrogen and oxygen atoms in total. The molecule has 1 fully saturated rings. The molecule has 1 saturated heterocycles. The van der Waals surface area contributed by atoms with Gasteiger partial charge in [0.05, 0.1) is 6.26 Å². The van der Waals surface area contributed by atoms with Crippen LogP contribution in [0.5, 0.6) is 0 Å². The van der Waals surface area contributed by atoms with Crippen LogP contribution in [0, 0.1) is 17.2 Å². The van der Waals surface area contributed by atoms with Gasteiger partial charge in [-0.15, -0.1) is 0 Å². The third-order valence-corrected chi connectivity index (χ3v) is 6.19. The number of furan rings is 1. The fourth-order valence-electron chi connectivity index (χ4n) is 4.21. The summed E-state index contributed by atoms with van der Waals surface area (Å²) in [5.74, 6) is 1.34. The third kappa shape index (κ3) is 4.95. The number of nitriles is 1. The molecule has 0 unspecified atom stereocenters. The second kappa shape index (κ2) is 9.14. The molecule has 2 aromatic heterocycles. The van der Waals surface area contributed by atoms with Gasteiger partial charge in [-0.05, 0) is 41.5 Å². The second-order valence-corrected chi connectivity index (χ2v) is 9.66. The summed E-state index contributed by atoms with van der Waals surface area (Å²) >= 11 is 0. The number of hydrogen-bond acceptors (Lipinski definition) is 6. The van der Waals surface area contributed by atoms with Crippen molar-refractivity contribution in [3.05, 3.63) is 59.5 Å². The first-order chi connectivity index (χ1) is 15.8. The summed E-state index contributed by atoms with van der Waals surface area (Å²) in [5, 5.41) is 9.48. The Bertz CT molecular complexity index is 1130. The van der Waals surface area contributed by atoms with E-state index in [0.717, 1.165) is 5.56 Å². The lowest BCUT2D eigenvalue weighted by Crippen LogP contribution is -2.41. The maximum Gasteiger partial charge on any atom is 0.266 e. The van der Waals surface area contributed by atoms with Gasteiger partial charge in [0.25, 0.3) is 5.89 Å². The van der Waals surface area contributed by atoms with Crippen LogP contribution < -0.4 is 4.90 Å². The predicted molar refractivity (Wildman–Crippen MR) is 125 cm³/mol. The fourth-order valence-corrected chi connectivity index (χ4v) is 4.21. The van der Waals surface area contributed by atoms with Crippen molar-refractivity contribution >= 4 is 11.8 Å². The molecule has 1 aliphatic rings. The lowest BCUT2D eigenvalue weighted by molar-refractivity contribution is -0.135. The van der Waals surface area contributed by atoms with Gasteiger partial charge in [-0.2, -0.15) is 10.2 Å². The van der Waals surface area contributed by atoms with Gasteiger partial charge in [-0.25, -0.2) is 0 Å². The van der Waals surface area contributed by atoms with Crippen molar-refractivity contribution in [2.24, 2.45) is 5.92 Å². The van der Waals surface area contributed by atoms with E-state index < -0.39 is 0 Å². The molecule has 0 N–H and O–H groups in total. The maximum absolute atomic E-state index is 13.1. The van der Waals surface area contributed by atoms with Gasteiger partial charge in [0.2, 0.25) is 17.5 Å². The summed E-state index contributed by atoms with van der Waals surface area (Å²) in [7, 11) is 1.87. The highest BCUT2D eigenvalue weighted by molar-refractivity contribution is 5.79. The molecule has 0 saturated carbocycles. The normalized spacial score (nSPS) is 14.8. The first kappa shape index (κ1) is 22.7. The molecule has 1 amide bonds. The van der Waals surface area contributed by atoms with Crippen LogP contribution in [0.4, 0.5) is 5.88 Å². The molecule has 1 aromatic carbocycles. The van der Waals surface area contributed by atoms with Crippen molar-refractivity contribution in [2.45, 2.75) is 45.6 Å². The Labute approximate surface area is 194 Å². The fraction of sp³-hybridized carbons (Fsp3) is 0.423. The number of anilines is 1. The number of oxazole rings is 1. The Balaban J connectivity index is 1.36. The van der Waals surface area contributed by atoms with Gasteiger partial charge >= 0.3 is 0 Å². The Morgan fingerprint density at radius 1 is 1.21 bits per heavy atom. The molecule has 33 heavy (non-hydrogen) atoms. The quantitative estimate of drug-likeness (QED) is 0.549. The molecule has 0 bridgehead atoms. The number of benzene rings is 1. The number of nitrogens with zero attached hydrogens (tertiary/aromatic N) is 4. The summed E-state index contributed by atoms with van der Waals surface area (Å²) < 4.78 is 11.2. The first-order valence-electron chi connectivity index (χ1n) is 11.3. The van der Waals surface area contributed by atoms with Crippen LogP contribution >= 0.6 is 0 Å². The minimum atomic E-state index is -0.0434. The second-order valence-electron chi connectivity index (χ2n) is 9.66. The molecule has 0 aliphatic carbocycles. The van der Waals surface area contributed by atoms with E-state index in [1.807, 2.05) is 16.8 Å². The van der Waals surface area contributed by atoms with E-state index >= 15 is 0 Å². The molecule has 0 radical (unpaired) electrons. The molecular formula is C26H30N4O3. The van der Waals surface area contributed by atoms with E-state index in [1.165, 1.54) is 11.8 Å². The third-order valence-electron chi connectivity index (χ3n) is 6.19. The molecule has 3 aromatic rings. The van der Waals surface area contributed by atoms with Crippen molar-refractivity contribution in [1.29, 1.82) is 5.26 Å². The number of carbonyl (C=O) groups is 1. The van der Waals surface area contributed by atoms with Crippen molar-refractivity contribution < 1.29 is 13.6 Å². The van der Waals surface area contributed by atoms with E-state index in [2.05, 4.69) is 56.1 Å². The van der Waals surface area contributed by atoms with Crippen LogP contribution in [0.25, 0.3) is 11.7 Å². The summed E-state index contributed by atoms with van der Waals surface area (Å²) in [6.07, 6.45) is 2.94. The van der Waals surface area contributed by atoms with Crippen molar-refractivity contribution in [1.82, 2.24) is 9.88 Å². The van der Waals surface area contributed by atoms with Crippen LogP contribution in [0.1, 0.15) is 50.4 Å². The monoisotopic (exact) mass is 446 g/mol. The molecule has 3 heterocycles. The van der Waals surface area contributed by atoms with Crippen LogP contribution in [-0.2, 0) is 16.8 Å². The van der Waals surface area contributed by atoms with Crippen LogP contribution in [-0.4, -0.2) is 35.9 Å². The average Bonchev–Trinajstić information content (AvgIpc) is 3.48. The number of rotatable bonds is 5. The van der Waals surface area contributed by atoms with Crippen molar-refractivity contribution in [3.63, 3.8) is 0 Å². The zero-order valence-electron chi connectivity index (χ0n) is 19.7. The summed E-state index contributed by atoms with van der Waals surface area (Å²) in [4.78, 5) is 21.1. The van der Waals surface area contributed by atoms with Gasteiger partial charge in [-0.1, -0.05) is 45.0 Å². The minimum Gasteiger partial charge on any atom is -0.459 e. The zero-order chi connectivity index (χ0) is 23.6. The molecule has 172 valence electrons. The lowest BCUT2D eigenvalue weighted by atomic mass is 9.86. The van der Waals surface area contributed by atoms with Gasteiger partial charge < -0.3 is 18.6 Å². The van der Waals surface area contributed by atoms with E-state index in [1.54, 1.807) is 12.1 Å². The highest BCUT2D eigenvalue weighted by atomic mass is 16.4. The highest BCUT2D eigenvalue weighted by Crippen LogP contribution is 2.32. The Kier molecular flexibility index (Phi) is 6.28. The van der Waals surface area contributed by atoms with E-state index in [0.29, 0.717) is 50.0 Å². The number of hydrogen-bond donors (Lipinski definition) is 0. The van der Waals surface area contributed by atoms with Gasteiger partial charge in [0, 0.05) is 32.6 Å². The molecule has 7 heteroatoms. The predicted octanol–water partition coefficient (Wildman–Crippen LogP) is 4.98. The number of carbonyl (C=O) groups excluding carboxylic acids is 1. The number of aromatic nitrogens is 1. The standard InChI is InChI=1S/C26H30N4O3/c1-26(2,3)20-9-7-18(8-10-20)17-29(4)24(31)19-11-13-30(14-12-19)25-21(16-27)28-23(33-25)22-6-5-15-32-22/h5-10,15,19H,11-14,17H2,1-4H3. The summed E-state index contributed by atoms with van der Waals surface area (Å²) in [6, 6.07) is 14.1. The SMILES string of the molecule is CN(Cc1ccc(C(C)(C)C)cc1)C(=O)C1CCN(c2oc(-c3ccco3)nc2C#N)CC1. The average molecular weight is 447 g/mol. The van der Waals surface area contributed by atoms with E-state index in [9.17, 15) is 10.1 Å².